The Morgan fingerprint density at radius 1 is 1.25 bits per heavy atom. The predicted molar refractivity (Wildman–Crippen MR) is 130 cm³/mol. The number of aliphatic imine (C=N–C) groups is 1. The molecule has 32 heavy (non-hydrogen) atoms. The molecule has 3 aromatic rings. The zero-order valence-electron chi connectivity index (χ0n) is 19.1. The number of likely N-dealkylation sites (N-methyl/N-ethyl adjacent to an activating group) is 1. The number of hydrogen-bond donors (Lipinski definition) is 2. The Labute approximate surface area is 193 Å². The van der Waals surface area contributed by atoms with Crippen molar-refractivity contribution in [3.8, 4) is 5.75 Å². The van der Waals surface area contributed by atoms with Crippen molar-refractivity contribution >= 4 is 29.8 Å². The van der Waals surface area contributed by atoms with Crippen molar-refractivity contribution in [3.63, 3.8) is 0 Å². The molecule has 0 fully saturated rings. The van der Waals surface area contributed by atoms with E-state index in [1.165, 1.54) is 17.5 Å². The number of aromatic nitrogens is 1. The normalized spacial score (nSPS) is 12.5. The van der Waals surface area contributed by atoms with E-state index in [1.807, 2.05) is 70.3 Å². The minimum atomic E-state index is 0.0612. The molecule has 170 valence electrons. The maximum Gasteiger partial charge on any atom is 0.202 e. The summed E-state index contributed by atoms with van der Waals surface area (Å²) in [6.45, 7) is 6.78. The second kappa shape index (κ2) is 13.3. The number of hydrogen-bond acceptors (Lipinski definition) is 8. The number of para-hydroxylation sites is 1. The van der Waals surface area contributed by atoms with Crippen molar-refractivity contribution < 1.29 is 13.9 Å². The number of carbonyl (C=O) groups excluding carboxylic acids is 1. The summed E-state index contributed by atoms with van der Waals surface area (Å²) in [5.41, 5.74) is 3.13. The van der Waals surface area contributed by atoms with E-state index in [9.17, 15) is 4.79 Å². The zero-order chi connectivity index (χ0) is 23.3. The van der Waals surface area contributed by atoms with Crippen LogP contribution in [0.25, 0.3) is 0 Å². The third-order valence-electron chi connectivity index (χ3n) is 4.41. The first-order valence-electron chi connectivity index (χ1n) is 10.4. The van der Waals surface area contributed by atoms with E-state index in [4.69, 9.17) is 9.15 Å². The van der Waals surface area contributed by atoms with Gasteiger partial charge in [-0.15, -0.1) is 0 Å². The number of benzene rings is 2. The van der Waals surface area contributed by atoms with Crippen LogP contribution in [-0.4, -0.2) is 37.8 Å². The maximum atomic E-state index is 10.4. The first-order chi connectivity index (χ1) is 15.7. The van der Waals surface area contributed by atoms with Gasteiger partial charge in [0.2, 0.25) is 5.89 Å². The van der Waals surface area contributed by atoms with Crippen LogP contribution in [0.15, 0.2) is 69.2 Å². The van der Waals surface area contributed by atoms with E-state index in [0.717, 1.165) is 34.7 Å². The molecule has 1 aliphatic heterocycles. The molecule has 2 heterocycles. The monoisotopic (exact) mass is 454 g/mol. The number of rotatable bonds is 6. The van der Waals surface area contributed by atoms with Crippen LogP contribution in [0.3, 0.4) is 0 Å². The van der Waals surface area contributed by atoms with Gasteiger partial charge in [0.1, 0.15) is 12.0 Å². The van der Waals surface area contributed by atoms with Crippen LogP contribution in [0, 0.1) is 6.92 Å². The summed E-state index contributed by atoms with van der Waals surface area (Å²) < 4.78 is 13.6. The molecular weight excluding hydrogens is 424 g/mol. The van der Waals surface area contributed by atoms with Crippen molar-refractivity contribution in [1.29, 1.82) is 0 Å². The van der Waals surface area contributed by atoms with Crippen molar-refractivity contribution in [1.82, 2.24) is 15.0 Å². The molecule has 0 saturated carbocycles. The molecular formula is C24H30N4O3S. The summed E-state index contributed by atoms with van der Waals surface area (Å²) in [5.74, 6) is 1.99. The summed E-state index contributed by atoms with van der Waals surface area (Å²) in [6.07, 6.45) is 3.97. The van der Waals surface area contributed by atoms with Gasteiger partial charge in [-0.05, 0) is 49.7 Å². The van der Waals surface area contributed by atoms with Crippen molar-refractivity contribution in [2.24, 2.45) is 4.99 Å². The lowest BCUT2D eigenvalue weighted by Gasteiger charge is -2.16. The number of aldehydes is 1. The summed E-state index contributed by atoms with van der Waals surface area (Å²) in [6, 6.07) is 13.9. The second-order valence-corrected chi connectivity index (χ2v) is 7.36. The van der Waals surface area contributed by atoms with Crippen LogP contribution in [0.2, 0.25) is 0 Å². The van der Waals surface area contributed by atoms with Gasteiger partial charge in [-0.1, -0.05) is 38.1 Å². The number of ether oxygens (including phenoxy) is 1. The number of fused-ring (bicyclic) bond motifs is 1. The van der Waals surface area contributed by atoms with Crippen LogP contribution in [-0.2, 0) is 4.79 Å². The van der Waals surface area contributed by atoms with E-state index in [2.05, 4.69) is 20.0 Å². The highest BCUT2D eigenvalue weighted by Gasteiger charge is 2.21. The minimum absolute atomic E-state index is 0.0612. The third-order valence-corrected chi connectivity index (χ3v) is 5.26. The molecule has 1 unspecified atom stereocenters. The van der Waals surface area contributed by atoms with E-state index in [-0.39, 0.29) is 5.92 Å². The lowest BCUT2D eigenvalue weighted by Crippen LogP contribution is -2.19. The molecule has 8 heteroatoms. The first kappa shape index (κ1) is 25.2. The maximum absolute atomic E-state index is 10.4. The Hall–Kier alpha value is -3.10. The van der Waals surface area contributed by atoms with Gasteiger partial charge in [0, 0.05) is 12.1 Å². The molecule has 0 amide bonds. The van der Waals surface area contributed by atoms with Crippen LogP contribution in [0.1, 0.15) is 36.8 Å². The Morgan fingerprint density at radius 3 is 2.69 bits per heavy atom. The molecule has 0 radical (unpaired) electrons. The molecule has 4 rings (SSSR count). The molecule has 7 nitrogen and oxygen atoms in total. The fourth-order valence-corrected chi connectivity index (χ4v) is 3.77. The highest BCUT2D eigenvalue weighted by Crippen LogP contribution is 2.32. The number of aryl methyl sites for hydroxylation is 1. The number of amidine groups is 1. The summed E-state index contributed by atoms with van der Waals surface area (Å²) >= 11 is 1.42. The SMILES string of the molecule is CC.CNCC(c1ncco1)c1ccccc1OC.Cc1ccc2c(c1)SNC(C=O)=N2. The van der Waals surface area contributed by atoms with E-state index >= 15 is 0 Å². The summed E-state index contributed by atoms with van der Waals surface area (Å²) in [4.78, 5) is 19.8. The minimum Gasteiger partial charge on any atom is -0.496 e. The average molecular weight is 455 g/mol. The molecule has 2 aromatic carbocycles. The van der Waals surface area contributed by atoms with Crippen LogP contribution in [0.4, 0.5) is 5.69 Å². The van der Waals surface area contributed by atoms with Gasteiger partial charge in [-0.25, -0.2) is 9.98 Å². The van der Waals surface area contributed by atoms with E-state index in [0.29, 0.717) is 11.7 Å². The first-order valence-corrected chi connectivity index (χ1v) is 11.2. The highest BCUT2D eigenvalue weighted by atomic mass is 32.2. The quantitative estimate of drug-likeness (QED) is 0.405. The summed E-state index contributed by atoms with van der Waals surface area (Å²) in [7, 11) is 3.58. The molecule has 1 aromatic heterocycles. The molecule has 1 aliphatic rings. The molecule has 0 aliphatic carbocycles. The molecule has 0 bridgehead atoms. The number of nitrogens with zero attached hydrogens (tertiary/aromatic N) is 2. The van der Waals surface area contributed by atoms with E-state index in [1.54, 1.807) is 19.6 Å². The molecule has 0 saturated heterocycles. The smallest absolute Gasteiger partial charge is 0.202 e. The van der Waals surface area contributed by atoms with Gasteiger partial charge in [-0.2, -0.15) is 0 Å². The Morgan fingerprint density at radius 2 is 2.03 bits per heavy atom. The number of methoxy groups -OCH3 is 1. The van der Waals surface area contributed by atoms with Crippen molar-refractivity contribution in [2.75, 3.05) is 20.7 Å². The van der Waals surface area contributed by atoms with Crippen LogP contribution < -0.4 is 14.8 Å². The topological polar surface area (TPSA) is 88.8 Å². The largest absolute Gasteiger partial charge is 0.496 e. The van der Waals surface area contributed by atoms with Gasteiger partial charge < -0.3 is 19.2 Å². The van der Waals surface area contributed by atoms with Gasteiger partial charge in [0.15, 0.2) is 12.1 Å². The van der Waals surface area contributed by atoms with Crippen LogP contribution >= 0.6 is 11.9 Å². The fraction of sp³-hybridized carbons (Fsp3) is 0.292. The van der Waals surface area contributed by atoms with Gasteiger partial charge >= 0.3 is 0 Å². The number of carbonyl (C=O) groups is 1. The summed E-state index contributed by atoms with van der Waals surface area (Å²) in [5, 5.41) is 3.15. The molecule has 2 N–H and O–H groups in total. The highest BCUT2D eigenvalue weighted by molar-refractivity contribution is 7.98. The van der Waals surface area contributed by atoms with Crippen LogP contribution in [0.5, 0.6) is 5.75 Å². The average Bonchev–Trinajstić information content (AvgIpc) is 3.38. The predicted octanol–water partition coefficient (Wildman–Crippen LogP) is 4.89. The molecule has 1 atom stereocenters. The molecule has 0 spiro atoms. The Balaban J connectivity index is 0.000000217. The van der Waals surface area contributed by atoms with E-state index < -0.39 is 0 Å². The van der Waals surface area contributed by atoms with Gasteiger partial charge in [0.05, 0.1) is 29.8 Å². The van der Waals surface area contributed by atoms with Gasteiger partial charge in [0.25, 0.3) is 0 Å². The number of nitrogens with one attached hydrogen (secondary N) is 2. The zero-order valence-corrected chi connectivity index (χ0v) is 19.9. The van der Waals surface area contributed by atoms with Crippen molar-refractivity contribution in [2.45, 2.75) is 31.6 Å². The third kappa shape index (κ3) is 6.70. The fourth-order valence-electron chi connectivity index (χ4n) is 3.00. The van der Waals surface area contributed by atoms with Crippen molar-refractivity contribution in [3.05, 3.63) is 71.9 Å². The van der Waals surface area contributed by atoms with Gasteiger partial charge in [-0.3, -0.25) is 4.79 Å². The second-order valence-electron chi connectivity index (χ2n) is 6.51. The lowest BCUT2D eigenvalue weighted by atomic mass is 9.98. The Bertz CT molecular complexity index is 1010. The Kier molecular flexibility index (Phi) is 10.5. The number of oxazole rings is 1. The standard InChI is InChI=1S/C13H16N2O2.C9H8N2OS.C2H6/c1-14-9-11(13-15-7-8-17-13)10-5-3-4-6-12(10)16-2;1-6-2-3-7-8(4-6)13-11-9(5-12)10-7;1-2/h3-8,11,14H,9H2,1-2H3;2-5H,1H3,(H,10,11);1-2H3. The lowest BCUT2D eigenvalue weighted by molar-refractivity contribution is -0.102.